The lowest BCUT2D eigenvalue weighted by atomic mass is 9.99. The Morgan fingerprint density at radius 2 is 1.94 bits per heavy atom. The number of sulfone groups is 1. The smallest absolute Gasteiger partial charge is 0.322 e. The van der Waals surface area contributed by atoms with Gasteiger partial charge in [-0.05, 0) is 12.8 Å². The van der Waals surface area contributed by atoms with Crippen LogP contribution >= 0.6 is 0 Å². The van der Waals surface area contributed by atoms with Crippen LogP contribution in [0.5, 0.6) is 0 Å². The third-order valence-corrected chi connectivity index (χ3v) is 5.38. The van der Waals surface area contributed by atoms with Crippen LogP contribution in [0.4, 0.5) is 0 Å². The van der Waals surface area contributed by atoms with Gasteiger partial charge >= 0.3 is 5.97 Å². The van der Waals surface area contributed by atoms with E-state index < -0.39 is 9.84 Å². The first-order valence-corrected chi connectivity index (χ1v) is 8.09. The van der Waals surface area contributed by atoms with Gasteiger partial charge in [0.1, 0.15) is 6.04 Å². The van der Waals surface area contributed by atoms with Crippen LogP contribution in [0, 0.1) is 0 Å². The van der Waals surface area contributed by atoms with Crippen LogP contribution < -0.4 is 5.32 Å². The molecule has 1 unspecified atom stereocenters. The van der Waals surface area contributed by atoms with Crippen molar-refractivity contribution in [3.63, 3.8) is 0 Å². The normalized spacial score (nSPS) is 32.9. The van der Waals surface area contributed by atoms with Crippen LogP contribution in [0.15, 0.2) is 0 Å². The minimum atomic E-state index is -2.82. The Balaban J connectivity index is 1.82. The third-order valence-electron chi connectivity index (χ3n) is 3.77. The predicted octanol–water partition coefficient (Wildman–Crippen LogP) is -0.990. The molecule has 1 N–H and O–H groups in total. The average Bonchev–Trinajstić information content (AvgIpc) is 2.38. The molecule has 0 aliphatic carbocycles. The number of nitrogens with zero attached hydrogens (tertiary/aromatic N) is 1. The number of methoxy groups -OCH3 is 1. The Labute approximate surface area is 108 Å². The fourth-order valence-corrected chi connectivity index (χ4v) is 3.82. The van der Waals surface area contributed by atoms with E-state index in [-0.39, 0.29) is 23.5 Å². The number of ether oxygens (including phenoxy) is 1. The summed E-state index contributed by atoms with van der Waals surface area (Å²) in [6.45, 7) is 1.94. The maximum atomic E-state index is 11.4. The molecule has 6 nitrogen and oxygen atoms in total. The van der Waals surface area contributed by atoms with E-state index in [4.69, 9.17) is 4.74 Å². The molecule has 0 bridgehead atoms. The highest BCUT2D eigenvalue weighted by Gasteiger charge is 2.32. The van der Waals surface area contributed by atoms with E-state index in [0.717, 1.165) is 19.4 Å². The van der Waals surface area contributed by atoms with Crippen molar-refractivity contribution in [2.45, 2.75) is 24.9 Å². The van der Waals surface area contributed by atoms with Crippen LogP contribution in [0.3, 0.4) is 0 Å². The molecule has 2 atom stereocenters. The van der Waals surface area contributed by atoms with Crippen molar-refractivity contribution in [1.29, 1.82) is 0 Å². The summed E-state index contributed by atoms with van der Waals surface area (Å²) in [5.41, 5.74) is 0. The quantitative estimate of drug-likeness (QED) is 0.653. The second-order valence-electron chi connectivity index (χ2n) is 4.90. The molecule has 7 heteroatoms. The number of carbonyl (C=O) groups is 1. The number of carbonyl (C=O) groups excluding carboxylic acids is 1. The fourth-order valence-electron chi connectivity index (χ4n) is 2.59. The lowest BCUT2D eigenvalue weighted by Crippen LogP contribution is -2.55. The SMILES string of the molecule is COC(=O)[C@@H]1CCC(N2CCS(=O)(=O)CC2)CN1. The van der Waals surface area contributed by atoms with Gasteiger partial charge in [0.25, 0.3) is 0 Å². The number of rotatable bonds is 2. The largest absolute Gasteiger partial charge is 0.468 e. The molecule has 2 aliphatic heterocycles. The number of hydrogen-bond acceptors (Lipinski definition) is 6. The van der Waals surface area contributed by atoms with E-state index in [9.17, 15) is 13.2 Å². The number of hydrogen-bond donors (Lipinski definition) is 1. The minimum absolute atomic E-state index is 0.209. The lowest BCUT2D eigenvalue weighted by Gasteiger charge is -2.38. The molecule has 2 heterocycles. The zero-order valence-electron chi connectivity index (χ0n) is 10.6. The van der Waals surface area contributed by atoms with Crippen molar-refractivity contribution >= 4 is 15.8 Å². The van der Waals surface area contributed by atoms with E-state index in [1.165, 1.54) is 7.11 Å². The Hall–Kier alpha value is -0.660. The van der Waals surface area contributed by atoms with Crippen molar-refractivity contribution in [2.24, 2.45) is 0 Å². The first kappa shape index (κ1) is 13.8. The van der Waals surface area contributed by atoms with Crippen LogP contribution in [0.1, 0.15) is 12.8 Å². The zero-order valence-corrected chi connectivity index (χ0v) is 11.4. The molecule has 0 spiro atoms. The van der Waals surface area contributed by atoms with Gasteiger partial charge in [-0.1, -0.05) is 0 Å². The molecular formula is C11H20N2O4S. The van der Waals surface area contributed by atoms with Gasteiger partial charge < -0.3 is 10.1 Å². The Kier molecular flexibility index (Phi) is 4.24. The first-order chi connectivity index (χ1) is 8.52. The van der Waals surface area contributed by atoms with Gasteiger partial charge in [-0.15, -0.1) is 0 Å². The zero-order chi connectivity index (χ0) is 13.2. The highest BCUT2D eigenvalue weighted by atomic mass is 32.2. The lowest BCUT2D eigenvalue weighted by molar-refractivity contribution is -0.144. The van der Waals surface area contributed by atoms with Crippen molar-refractivity contribution in [2.75, 3.05) is 38.2 Å². The molecule has 2 aliphatic rings. The summed E-state index contributed by atoms with van der Waals surface area (Å²) in [6.07, 6.45) is 1.66. The maximum Gasteiger partial charge on any atom is 0.322 e. The second kappa shape index (κ2) is 5.54. The summed E-state index contributed by atoms with van der Waals surface area (Å²) in [5, 5.41) is 3.17. The summed E-state index contributed by atoms with van der Waals surface area (Å²) in [4.78, 5) is 13.6. The van der Waals surface area contributed by atoms with E-state index in [1.807, 2.05) is 0 Å². The third kappa shape index (κ3) is 3.21. The highest BCUT2D eigenvalue weighted by molar-refractivity contribution is 7.91. The molecule has 0 saturated carbocycles. The summed E-state index contributed by atoms with van der Waals surface area (Å²) in [5.74, 6) is 0.295. The molecule has 0 amide bonds. The molecule has 18 heavy (non-hydrogen) atoms. The number of esters is 1. The highest BCUT2D eigenvalue weighted by Crippen LogP contribution is 2.17. The van der Waals surface area contributed by atoms with Gasteiger partial charge in [0.15, 0.2) is 9.84 Å². The Bertz CT molecular complexity index is 387. The van der Waals surface area contributed by atoms with Gasteiger partial charge in [-0.3, -0.25) is 9.69 Å². The van der Waals surface area contributed by atoms with Crippen molar-refractivity contribution < 1.29 is 17.9 Å². The fraction of sp³-hybridized carbons (Fsp3) is 0.909. The summed E-state index contributed by atoms with van der Waals surface area (Å²) < 4.78 is 27.4. The number of piperidine rings is 1. The summed E-state index contributed by atoms with van der Waals surface area (Å²) in [6, 6.07) is 0.126. The maximum absolute atomic E-state index is 11.4. The molecule has 2 fully saturated rings. The van der Waals surface area contributed by atoms with Crippen molar-refractivity contribution in [1.82, 2.24) is 10.2 Å². The van der Waals surface area contributed by atoms with Crippen LogP contribution in [-0.4, -0.2) is 69.6 Å². The van der Waals surface area contributed by atoms with E-state index in [2.05, 4.69) is 10.2 Å². The molecule has 0 aromatic carbocycles. The molecular weight excluding hydrogens is 256 g/mol. The standard InChI is InChI=1S/C11H20N2O4S/c1-17-11(14)10-3-2-9(8-12-10)13-4-6-18(15,16)7-5-13/h9-10,12H,2-8H2,1H3/t9?,10-/m0/s1. The average molecular weight is 276 g/mol. The molecule has 2 rings (SSSR count). The predicted molar refractivity (Wildman–Crippen MR) is 67.1 cm³/mol. The van der Waals surface area contributed by atoms with Crippen LogP contribution in [0.2, 0.25) is 0 Å². The van der Waals surface area contributed by atoms with Crippen LogP contribution in [0.25, 0.3) is 0 Å². The van der Waals surface area contributed by atoms with E-state index >= 15 is 0 Å². The van der Waals surface area contributed by atoms with E-state index in [0.29, 0.717) is 19.1 Å². The van der Waals surface area contributed by atoms with Gasteiger partial charge in [0.05, 0.1) is 18.6 Å². The monoisotopic (exact) mass is 276 g/mol. The first-order valence-electron chi connectivity index (χ1n) is 6.27. The molecule has 0 aromatic rings. The molecule has 0 radical (unpaired) electrons. The second-order valence-corrected chi connectivity index (χ2v) is 7.21. The Morgan fingerprint density at radius 1 is 1.28 bits per heavy atom. The van der Waals surface area contributed by atoms with Crippen LogP contribution in [-0.2, 0) is 19.4 Å². The molecule has 104 valence electrons. The number of nitrogens with one attached hydrogen (secondary N) is 1. The topological polar surface area (TPSA) is 75.7 Å². The van der Waals surface area contributed by atoms with Gasteiger partial charge in [0, 0.05) is 25.7 Å². The summed E-state index contributed by atoms with van der Waals surface area (Å²) >= 11 is 0. The van der Waals surface area contributed by atoms with Gasteiger partial charge in [0.2, 0.25) is 0 Å². The minimum Gasteiger partial charge on any atom is -0.468 e. The molecule has 2 saturated heterocycles. The Morgan fingerprint density at radius 3 is 2.44 bits per heavy atom. The van der Waals surface area contributed by atoms with Crippen molar-refractivity contribution in [3.05, 3.63) is 0 Å². The van der Waals surface area contributed by atoms with E-state index in [1.54, 1.807) is 0 Å². The summed E-state index contributed by atoms with van der Waals surface area (Å²) in [7, 11) is -1.42. The van der Waals surface area contributed by atoms with Crippen molar-refractivity contribution in [3.8, 4) is 0 Å². The molecule has 0 aromatic heterocycles. The van der Waals surface area contributed by atoms with Gasteiger partial charge in [-0.2, -0.15) is 0 Å². The van der Waals surface area contributed by atoms with Gasteiger partial charge in [-0.25, -0.2) is 8.42 Å².